The van der Waals surface area contributed by atoms with Gasteiger partial charge in [0.15, 0.2) is 17.4 Å². The van der Waals surface area contributed by atoms with Crippen molar-refractivity contribution in [3.63, 3.8) is 0 Å². The fourth-order valence-corrected chi connectivity index (χ4v) is 6.85. The molecule has 5 aromatic rings. The van der Waals surface area contributed by atoms with Crippen LogP contribution in [0.25, 0.3) is 22.4 Å². The number of benzene rings is 2. The molecular weight excluding hydrogens is 723 g/mol. The van der Waals surface area contributed by atoms with Gasteiger partial charge in [0.25, 0.3) is 5.91 Å². The molecule has 6 rings (SSSR count). The third-order valence-corrected chi connectivity index (χ3v) is 9.58. The van der Waals surface area contributed by atoms with Crippen LogP contribution in [0.2, 0.25) is 0 Å². The Morgan fingerprint density at radius 2 is 1.71 bits per heavy atom. The van der Waals surface area contributed by atoms with E-state index in [9.17, 15) is 28.4 Å². The number of pyridine rings is 1. The zero-order chi connectivity index (χ0) is 39.8. The number of para-hydroxylation sites is 2. The van der Waals surface area contributed by atoms with Crippen LogP contribution in [0.5, 0.6) is 5.75 Å². The van der Waals surface area contributed by atoms with Gasteiger partial charge >= 0.3 is 11.7 Å². The van der Waals surface area contributed by atoms with Crippen molar-refractivity contribution in [2.24, 2.45) is 7.05 Å². The van der Waals surface area contributed by atoms with Crippen molar-refractivity contribution in [3.05, 3.63) is 88.5 Å². The van der Waals surface area contributed by atoms with Gasteiger partial charge in [-0.05, 0) is 49.4 Å². The van der Waals surface area contributed by atoms with Gasteiger partial charge < -0.3 is 20.7 Å². The number of hydrogen-bond acceptors (Lipinski definition) is 10. The lowest BCUT2D eigenvalue weighted by molar-refractivity contribution is -0.135. The number of aromatic nitrogens is 5. The molecule has 56 heavy (non-hydrogen) atoms. The number of hydrogen-bond donors (Lipinski definition) is 5. The molecule has 2 aromatic carbocycles. The maximum absolute atomic E-state index is 13.5. The van der Waals surface area contributed by atoms with Crippen molar-refractivity contribution >= 4 is 52.0 Å². The monoisotopic (exact) mass is 766 g/mol. The maximum atomic E-state index is 13.5. The molecule has 3 aromatic heterocycles. The second-order valence-corrected chi connectivity index (χ2v) is 13.3. The summed E-state index contributed by atoms with van der Waals surface area (Å²) in [4.78, 5) is 75.3. The minimum absolute atomic E-state index is 0.190. The van der Waals surface area contributed by atoms with Gasteiger partial charge in [0.05, 0.1) is 53.0 Å². The number of imidazole rings is 1. The molecule has 1 saturated heterocycles. The summed E-state index contributed by atoms with van der Waals surface area (Å²) in [6, 6.07) is 11.3. The number of ether oxygens (including phenoxy) is 1. The Balaban J connectivity index is 0.995. The highest BCUT2D eigenvalue weighted by Gasteiger charge is 2.31. The van der Waals surface area contributed by atoms with Crippen molar-refractivity contribution in [1.82, 2.24) is 40.0 Å². The number of amides is 5. The second-order valence-electron chi connectivity index (χ2n) is 13.3. The third-order valence-electron chi connectivity index (χ3n) is 9.58. The van der Waals surface area contributed by atoms with Crippen molar-refractivity contribution in [2.45, 2.75) is 57.4 Å². The number of nitrogens with zero attached hydrogens (tertiary/aromatic N) is 5. The van der Waals surface area contributed by atoms with Gasteiger partial charge in [-0.1, -0.05) is 37.5 Å². The summed E-state index contributed by atoms with van der Waals surface area (Å²) in [6.07, 6.45) is 9.16. The van der Waals surface area contributed by atoms with E-state index in [1.165, 1.54) is 31.0 Å². The molecule has 0 aliphatic carbocycles. The van der Waals surface area contributed by atoms with Gasteiger partial charge in [-0.2, -0.15) is 0 Å². The van der Waals surface area contributed by atoms with Crippen LogP contribution in [0.4, 0.5) is 26.4 Å². The molecule has 1 aliphatic heterocycles. The van der Waals surface area contributed by atoms with Crippen LogP contribution in [0.3, 0.4) is 0 Å². The van der Waals surface area contributed by atoms with Crippen LogP contribution in [0.15, 0.2) is 65.8 Å². The number of urea groups is 1. The number of rotatable bonds is 15. The predicted molar refractivity (Wildman–Crippen MR) is 207 cm³/mol. The minimum atomic E-state index is -0.722. The number of nitrogens with one attached hydrogen (secondary N) is 5. The molecule has 5 amide bonds. The lowest BCUT2D eigenvalue weighted by Gasteiger charge is -2.21. The van der Waals surface area contributed by atoms with E-state index in [0.717, 1.165) is 62.0 Å². The highest BCUT2D eigenvalue weighted by Crippen LogP contribution is 2.37. The average molecular weight is 767 g/mol. The Labute approximate surface area is 321 Å². The Morgan fingerprint density at radius 3 is 2.46 bits per heavy atom. The number of anilines is 3. The molecule has 5 N–H and O–H groups in total. The van der Waals surface area contributed by atoms with E-state index in [2.05, 4.69) is 41.5 Å². The van der Waals surface area contributed by atoms with Gasteiger partial charge in [0.1, 0.15) is 11.9 Å². The van der Waals surface area contributed by atoms with Crippen LogP contribution >= 0.6 is 0 Å². The molecule has 1 unspecified atom stereocenters. The summed E-state index contributed by atoms with van der Waals surface area (Å²) in [5.41, 5.74) is 3.74. The zero-order valence-electron chi connectivity index (χ0n) is 31.3. The Kier molecular flexibility index (Phi) is 12.3. The smallest absolute Gasteiger partial charge is 0.329 e. The Bertz CT molecular complexity index is 2320. The zero-order valence-corrected chi connectivity index (χ0v) is 31.3. The molecule has 0 bridgehead atoms. The summed E-state index contributed by atoms with van der Waals surface area (Å²) >= 11 is 0. The summed E-state index contributed by atoms with van der Waals surface area (Å²) < 4.78 is 22.2. The largest absolute Gasteiger partial charge is 0.494 e. The number of piperidine rings is 1. The van der Waals surface area contributed by atoms with E-state index in [1.54, 1.807) is 29.8 Å². The first-order valence-electron chi connectivity index (χ1n) is 18.3. The topological polar surface area (TPSA) is 203 Å². The fraction of sp³-hybridized carbons (Fsp3) is 0.333. The normalized spacial score (nSPS) is 14.0. The number of halogens is 1. The predicted octanol–water partition coefficient (Wildman–Crippen LogP) is 4.74. The quantitative estimate of drug-likeness (QED) is 0.0732. The van der Waals surface area contributed by atoms with Crippen molar-refractivity contribution in [1.29, 1.82) is 0 Å². The number of carbonyl (C=O) groups excluding carboxylic acids is 4. The summed E-state index contributed by atoms with van der Waals surface area (Å²) in [5.74, 6) is -0.950. The third kappa shape index (κ3) is 8.66. The first kappa shape index (κ1) is 39.1. The number of carbonyl (C=O) groups is 4. The molecule has 0 radical (unpaired) electrons. The number of imide groups is 1. The van der Waals surface area contributed by atoms with Crippen LogP contribution in [0, 0.1) is 5.82 Å². The number of aryl methyl sites for hydroxylation is 2. The average Bonchev–Trinajstić information content (AvgIpc) is 3.44. The second kappa shape index (κ2) is 17.7. The summed E-state index contributed by atoms with van der Waals surface area (Å²) in [6.45, 7) is 0.442. The number of unbranched alkanes of at least 4 members (excludes halogenated alkanes) is 4. The van der Waals surface area contributed by atoms with E-state index < -0.39 is 29.7 Å². The van der Waals surface area contributed by atoms with Crippen LogP contribution < -0.4 is 37.0 Å². The summed E-state index contributed by atoms with van der Waals surface area (Å²) in [5, 5.41) is 13.7. The molecule has 4 heterocycles. The van der Waals surface area contributed by atoms with Crippen molar-refractivity contribution in [2.75, 3.05) is 31.3 Å². The Hall–Kier alpha value is -6.65. The van der Waals surface area contributed by atoms with Gasteiger partial charge in [-0.3, -0.25) is 34.2 Å². The first-order valence-corrected chi connectivity index (χ1v) is 18.3. The molecule has 17 heteroatoms. The highest BCUT2D eigenvalue weighted by molar-refractivity contribution is 6.02. The van der Waals surface area contributed by atoms with Gasteiger partial charge in [0, 0.05) is 39.3 Å². The lowest BCUT2D eigenvalue weighted by atomic mass is 10.0. The van der Waals surface area contributed by atoms with E-state index in [-0.39, 0.29) is 41.6 Å². The van der Waals surface area contributed by atoms with Gasteiger partial charge in [-0.15, -0.1) is 0 Å². The standard InChI is InChI=1S/C39H43FN10O6/c1-41-36(52)26-22-43-31(19-28(26)46-27-14-10-13-25(34(27)56-3)35-44-20-24(40)21-45-35)47-38(54)42-18-8-6-4-5-7-11-23-12-9-15-29-33(23)49(2)39(55)50(29)30-16-17-32(51)48-37(30)53/h9-10,12-15,19-22,30H,4-8,11,16-18H2,1-3H3,(H,41,52)(H,48,51,53)(H3,42,43,46,47,54). The van der Waals surface area contributed by atoms with Crippen LogP contribution in [-0.2, 0) is 23.1 Å². The van der Waals surface area contributed by atoms with Gasteiger partial charge in [-0.25, -0.2) is 28.9 Å². The number of methoxy groups -OCH3 is 1. The minimum Gasteiger partial charge on any atom is -0.494 e. The van der Waals surface area contributed by atoms with Crippen LogP contribution in [-0.4, -0.2) is 68.5 Å². The maximum Gasteiger partial charge on any atom is 0.329 e. The Morgan fingerprint density at radius 1 is 0.964 bits per heavy atom. The molecule has 0 saturated carbocycles. The van der Waals surface area contributed by atoms with Gasteiger partial charge in [0.2, 0.25) is 11.8 Å². The van der Waals surface area contributed by atoms with Crippen molar-refractivity contribution in [3.8, 4) is 17.1 Å². The van der Waals surface area contributed by atoms with E-state index in [4.69, 9.17) is 4.74 Å². The number of fused-ring (bicyclic) bond motifs is 1. The van der Waals surface area contributed by atoms with Crippen molar-refractivity contribution < 1.29 is 28.3 Å². The lowest BCUT2D eigenvalue weighted by Crippen LogP contribution is -2.44. The molecular formula is C39H43FN10O6. The molecule has 1 atom stereocenters. The first-order chi connectivity index (χ1) is 27.1. The fourth-order valence-electron chi connectivity index (χ4n) is 6.85. The summed E-state index contributed by atoms with van der Waals surface area (Å²) in [7, 11) is 4.67. The van der Waals surface area contributed by atoms with E-state index in [0.29, 0.717) is 34.7 Å². The molecule has 1 fully saturated rings. The molecule has 1 aliphatic rings. The molecule has 0 spiro atoms. The SMILES string of the molecule is CNC(=O)c1cnc(NC(=O)NCCCCCCCc2cccc3c2n(C)c(=O)n3C2CCC(=O)NC2=O)cc1Nc1cccc(-c2ncc(F)cn2)c1OC. The van der Waals surface area contributed by atoms with Crippen LogP contribution in [0.1, 0.15) is 66.9 Å². The van der Waals surface area contributed by atoms with E-state index in [1.807, 2.05) is 18.2 Å². The highest BCUT2D eigenvalue weighted by atomic mass is 19.1. The molecule has 292 valence electrons. The van der Waals surface area contributed by atoms with E-state index >= 15 is 0 Å². The molecule has 16 nitrogen and oxygen atoms in total.